The Morgan fingerprint density at radius 1 is 1.33 bits per heavy atom. The van der Waals surface area contributed by atoms with Crippen LogP contribution in [0.25, 0.3) is 0 Å². The Labute approximate surface area is 71.6 Å². The summed E-state index contributed by atoms with van der Waals surface area (Å²) in [5.41, 5.74) is 3.50. The first-order valence-electron chi connectivity index (χ1n) is 3.92. The molecule has 0 unspecified atom stereocenters. The Kier molecular flexibility index (Phi) is 1.67. The second kappa shape index (κ2) is 2.81. The van der Waals surface area contributed by atoms with Crippen molar-refractivity contribution >= 4 is 11.9 Å². The second-order valence-corrected chi connectivity index (χ2v) is 2.83. The standard InChI is InChI=1S/C10H10N2/c1-8-2-3-10-9(6-8)7-11-4-5-12-10/h2-7,12H,1H3. The summed E-state index contributed by atoms with van der Waals surface area (Å²) < 4.78 is 0. The van der Waals surface area contributed by atoms with Crippen molar-refractivity contribution in [3.63, 3.8) is 0 Å². The summed E-state index contributed by atoms with van der Waals surface area (Å²) in [4.78, 5) is 4.09. The number of anilines is 1. The zero-order valence-electron chi connectivity index (χ0n) is 6.91. The number of aliphatic imine (C=N–C) groups is 1. The van der Waals surface area contributed by atoms with Crippen molar-refractivity contribution in [3.05, 3.63) is 41.7 Å². The summed E-state index contributed by atoms with van der Waals surface area (Å²) in [6.07, 6.45) is 5.44. The molecule has 0 saturated carbocycles. The van der Waals surface area contributed by atoms with E-state index in [0.29, 0.717) is 0 Å². The third kappa shape index (κ3) is 1.23. The van der Waals surface area contributed by atoms with E-state index in [9.17, 15) is 0 Å². The summed E-state index contributed by atoms with van der Waals surface area (Å²) in [6, 6.07) is 6.25. The number of rotatable bonds is 0. The zero-order chi connectivity index (χ0) is 8.39. The molecule has 0 amide bonds. The van der Waals surface area contributed by atoms with E-state index < -0.39 is 0 Å². The third-order valence-electron chi connectivity index (χ3n) is 1.82. The Bertz CT molecular complexity index is 351. The zero-order valence-corrected chi connectivity index (χ0v) is 6.91. The molecule has 0 atom stereocenters. The summed E-state index contributed by atoms with van der Waals surface area (Å²) in [7, 11) is 0. The topological polar surface area (TPSA) is 24.4 Å². The summed E-state index contributed by atoms with van der Waals surface area (Å²) in [5, 5.41) is 3.15. The Morgan fingerprint density at radius 3 is 3.17 bits per heavy atom. The molecule has 0 spiro atoms. The third-order valence-corrected chi connectivity index (χ3v) is 1.82. The lowest BCUT2D eigenvalue weighted by molar-refractivity contribution is 1.45. The van der Waals surface area contributed by atoms with Gasteiger partial charge in [0.1, 0.15) is 0 Å². The molecule has 2 rings (SSSR count). The molecule has 0 aromatic heterocycles. The number of nitrogens with one attached hydrogen (secondary N) is 1. The number of nitrogens with zero attached hydrogens (tertiary/aromatic N) is 1. The van der Waals surface area contributed by atoms with Gasteiger partial charge in [0.25, 0.3) is 0 Å². The smallest absolute Gasteiger partial charge is 0.0469 e. The van der Waals surface area contributed by atoms with Crippen LogP contribution >= 0.6 is 0 Å². The van der Waals surface area contributed by atoms with Crippen LogP contribution in [0.3, 0.4) is 0 Å². The molecule has 0 bridgehead atoms. The molecule has 2 nitrogen and oxygen atoms in total. The molecule has 0 fully saturated rings. The van der Waals surface area contributed by atoms with Gasteiger partial charge in [0.05, 0.1) is 0 Å². The lowest BCUT2D eigenvalue weighted by Gasteiger charge is -2.03. The largest absolute Gasteiger partial charge is 0.360 e. The molecule has 2 heteroatoms. The summed E-state index contributed by atoms with van der Waals surface area (Å²) in [5.74, 6) is 0. The summed E-state index contributed by atoms with van der Waals surface area (Å²) in [6.45, 7) is 2.08. The maximum Gasteiger partial charge on any atom is 0.0469 e. The van der Waals surface area contributed by atoms with Crippen molar-refractivity contribution in [1.29, 1.82) is 0 Å². The van der Waals surface area contributed by atoms with Gasteiger partial charge in [-0.2, -0.15) is 0 Å². The van der Waals surface area contributed by atoms with Crippen LogP contribution in [-0.2, 0) is 0 Å². The molecule has 1 aromatic carbocycles. The molecule has 1 aromatic rings. The molecule has 1 heterocycles. The van der Waals surface area contributed by atoms with Gasteiger partial charge in [0.2, 0.25) is 0 Å². The quantitative estimate of drug-likeness (QED) is 0.615. The van der Waals surface area contributed by atoms with Gasteiger partial charge in [-0.25, -0.2) is 0 Å². The molecule has 1 aliphatic heterocycles. The number of hydrogen-bond acceptors (Lipinski definition) is 2. The van der Waals surface area contributed by atoms with Gasteiger partial charge in [-0.1, -0.05) is 11.6 Å². The van der Waals surface area contributed by atoms with Crippen molar-refractivity contribution < 1.29 is 0 Å². The number of benzene rings is 1. The highest BCUT2D eigenvalue weighted by molar-refractivity contribution is 5.89. The van der Waals surface area contributed by atoms with Crippen LogP contribution in [0.5, 0.6) is 0 Å². The minimum absolute atomic E-state index is 1.11. The van der Waals surface area contributed by atoms with Crippen LogP contribution in [0, 0.1) is 6.92 Å². The van der Waals surface area contributed by atoms with Gasteiger partial charge < -0.3 is 5.32 Å². The highest BCUT2D eigenvalue weighted by atomic mass is 14.9. The molecule has 1 aliphatic rings. The Balaban J connectivity index is 2.53. The molecule has 60 valence electrons. The number of hydrogen-bond donors (Lipinski definition) is 1. The van der Waals surface area contributed by atoms with E-state index >= 15 is 0 Å². The molecule has 1 N–H and O–H groups in total. The predicted octanol–water partition coefficient (Wildman–Crippen LogP) is 2.31. The van der Waals surface area contributed by atoms with Crippen LogP contribution in [0.15, 0.2) is 35.6 Å². The van der Waals surface area contributed by atoms with Gasteiger partial charge in [0.15, 0.2) is 0 Å². The first-order valence-corrected chi connectivity index (χ1v) is 3.92. The molecule has 0 aliphatic carbocycles. The lowest BCUT2D eigenvalue weighted by atomic mass is 10.1. The van der Waals surface area contributed by atoms with E-state index in [-0.39, 0.29) is 0 Å². The Morgan fingerprint density at radius 2 is 2.25 bits per heavy atom. The molecular weight excluding hydrogens is 148 g/mol. The van der Waals surface area contributed by atoms with Crippen molar-refractivity contribution in [2.24, 2.45) is 4.99 Å². The molecule has 12 heavy (non-hydrogen) atoms. The van der Waals surface area contributed by atoms with Gasteiger partial charge >= 0.3 is 0 Å². The Hall–Kier alpha value is -1.57. The van der Waals surface area contributed by atoms with E-state index in [1.54, 1.807) is 6.20 Å². The van der Waals surface area contributed by atoms with Crippen LogP contribution < -0.4 is 5.32 Å². The second-order valence-electron chi connectivity index (χ2n) is 2.83. The van der Waals surface area contributed by atoms with Crippen molar-refractivity contribution in [2.75, 3.05) is 5.32 Å². The average Bonchev–Trinajstić information content (AvgIpc) is 2.28. The van der Waals surface area contributed by atoms with E-state index in [2.05, 4.69) is 35.4 Å². The van der Waals surface area contributed by atoms with E-state index in [0.717, 1.165) is 11.3 Å². The van der Waals surface area contributed by atoms with Gasteiger partial charge in [0, 0.05) is 29.9 Å². The number of aryl methyl sites for hydroxylation is 1. The number of fused-ring (bicyclic) bond motifs is 1. The van der Waals surface area contributed by atoms with Gasteiger partial charge in [-0.3, -0.25) is 4.99 Å². The average molecular weight is 158 g/mol. The monoisotopic (exact) mass is 158 g/mol. The highest BCUT2D eigenvalue weighted by Gasteiger charge is 1.99. The SMILES string of the molecule is Cc1ccc2c(c1)C=NC=CN2. The maximum absolute atomic E-state index is 4.09. The fourth-order valence-corrected chi connectivity index (χ4v) is 1.21. The van der Waals surface area contributed by atoms with Crippen LogP contribution in [0.2, 0.25) is 0 Å². The van der Waals surface area contributed by atoms with Crippen molar-refractivity contribution in [2.45, 2.75) is 6.92 Å². The predicted molar refractivity (Wildman–Crippen MR) is 51.5 cm³/mol. The van der Waals surface area contributed by atoms with Crippen LogP contribution in [-0.4, -0.2) is 6.21 Å². The fraction of sp³-hybridized carbons (Fsp3) is 0.100. The fourth-order valence-electron chi connectivity index (χ4n) is 1.21. The summed E-state index contributed by atoms with van der Waals surface area (Å²) >= 11 is 0. The van der Waals surface area contributed by atoms with Gasteiger partial charge in [-0.05, 0) is 19.1 Å². The minimum Gasteiger partial charge on any atom is -0.360 e. The highest BCUT2D eigenvalue weighted by Crippen LogP contribution is 2.16. The molecular formula is C10H10N2. The van der Waals surface area contributed by atoms with Crippen LogP contribution in [0.4, 0.5) is 5.69 Å². The van der Waals surface area contributed by atoms with Gasteiger partial charge in [-0.15, -0.1) is 0 Å². The molecule has 0 saturated heterocycles. The van der Waals surface area contributed by atoms with E-state index in [1.807, 2.05) is 12.4 Å². The van der Waals surface area contributed by atoms with E-state index in [1.165, 1.54) is 5.56 Å². The maximum atomic E-state index is 4.09. The van der Waals surface area contributed by atoms with E-state index in [4.69, 9.17) is 0 Å². The van der Waals surface area contributed by atoms with Crippen LogP contribution in [0.1, 0.15) is 11.1 Å². The normalized spacial score (nSPS) is 13.4. The van der Waals surface area contributed by atoms with Crippen molar-refractivity contribution in [3.8, 4) is 0 Å². The minimum atomic E-state index is 1.11. The first-order chi connectivity index (χ1) is 5.86. The van der Waals surface area contributed by atoms with Crippen molar-refractivity contribution in [1.82, 2.24) is 0 Å². The molecule has 0 radical (unpaired) electrons. The lowest BCUT2D eigenvalue weighted by Crippen LogP contribution is -1.91. The first kappa shape index (κ1) is 7.10.